The van der Waals surface area contributed by atoms with E-state index in [4.69, 9.17) is 9.84 Å². The Hall–Kier alpha value is -3.61. The van der Waals surface area contributed by atoms with Crippen molar-refractivity contribution in [1.82, 2.24) is 10.6 Å². The minimum Gasteiger partial charge on any atom is -0.497 e. The number of aryl methyl sites for hydroxylation is 1. The smallest absolute Gasteiger partial charge is 0.322 e. The average molecular weight is 368 g/mol. The van der Waals surface area contributed by atoms with Crippen LogP contribution >= 0.6 is 0 Å². The van der Waals surface area contributed by atoms with Crippen LogP contribution in [0.4, 0.5) is 0 Å². The minimum atomic E-state index is -1.18. The third-order valence-electron chi connectivity index (χ3n) is 3.63. The fourth-order valence-electron chi connectivity index (χ4n) is 2.18. The lowest BCUT2D eigenvalue weighted by Gasteiger charge is -2.11. The number of hydrogen-bond acceptors (Lipinski definition) is 4. The maximum Gasteiger partial charge on any atom is 0.322 e. The van der Waals surface area contributed by atoms with Crippen LogP contribution in [-0.4, -0.2) is 36.5 Å². The number of ether oxygens (including phenoxy) is 1. The fourth-order valence-corrected chi connectivity index (χ4v) is 2.18. The van der Waals surface area contributed by atoms with Crippen molar-refractivity contribution in [2.75, 3.05) is 13.7 Å². The third-order valence-corrected chi connectivity index (χ3v) is 3.63. The highest BCUT2D eigenvalue weighted by Crippen LogP contribution is 2.14. The van der Waals surface area contributed by atoms with Gasteiger partial charge in [-0.25, -0.2) is 0 Å². The Kier molecular flexibility index (Phi) is 6.71. The second-order valence-electron chi connectivity index (χ2n) is 5.73. The fraction of sp³-hybridized carbons (Fsp3) is 0.150. The topological polar surface area (TPSA) is 105 Å². The van der Waals surface area contributed by atoms with Crippen molar-refractivity contribution in [3.63, 3.8) is 0 Å². The van der Waals surface area contributed by atoms with Crippen molar-refractivity contribution in [2.24, 2.45) is 0 Å². The average Bonchev–Trinajstić information content (AvgIpc) is 2.66. The molecular formula is C20H20N2O5. The van der Waals surface area contributed by atoms with Crippen LogP contribution in [0.3, 0.4) is 0 Å². The van der Waals surface area contributed by atoms with E-state index in [1.54, 1.807) is 48.5 Å². The van der Waals surface area contributed by atoms with Crippen LogP contribution < -0.4 is 15.4 Å². The van der Waals surface area contributed by atoms with Crippen molar-refractivity contribution >= 4 is 23.9 Å². The summed E-state index contributed by atoms with van der Waals surface area (Å²) < 4.78 is 5.08. The highest BCUT2D eigenvalue weighted by atomic mass is 16.5. The summed E-state index contributed by atoms with van der Waals surface area (Å²) in [5, 5.41) is 13.5. The first-order valence-corrected chi connectivity index (χ1v) is 8.13. The largest absolute Gasteiger partial charge is 0.497 e. The summed E-state index contributed by atoms with van der Waals surface area (Å²) in [4.78, 5) is 35.4. The molecule has 27 heavy (non-hydrogen) atoms. The van der Waals surface area contributed by atoms with E-state index in [1.807, 2.05) is 6.92 Å². The van der Waals surface area contributed by atoms with Gasteiger partial charge in [0, 0.05) is 5.56 Å². The van der Waals surface area contributed by atoms with Crippen LogP contribution in [0.5, 0.6) is 5.75 Å². The molecule has 0 bridgehead atoms. The number of carboxylic acids is 1. The molecule has 2 aromatic carbocycles. The Labute approximate surface area is 156 Å². The first-order chi connectivity index (χ1) is 12.9. The monoisotopic (exact) mass is 368 g/mol. The van der Waals surface area contributed by atoms with Crippen LogP contribution in [0, 0.1) is 6.92 Å². The number of carbonyl (C=O) groups excluding carboxylic acids is 2. The molecule has 0 aliphatic carbocycles. The van der Waals surface area contributed by atoms with E-state index in [-0.39, 0.29) is 5.70 Å². The predicted molar refractivity (Wildman–Crippen MR) is 100 cm³/mol. The Balaban J connectivity index is 2.26. The number of amides is 2. The van der Waals surface area contributed by atoms with Crippen molar-refractivity contribution in [1.29, 1.82) is 0 Å². The van der Waals surface area contributed by atoms with E-state index >= 15 is 0 Å². The van der Waals surface area contributed by atoms with Crippen molar-refractivity contribution in [2.45, 2.75) is 6.92 Å². The van der Waals surface area contributed by atoms with Crippen LogP contribution in [0.15, 0.2) is 54.2 Å². The Bertz CT molecular complexity index is 855. The van der Waals surface area contributed by atoms with Crippen LogP contribution in [-0.2, 0) is 9.59 Å². The van der Waals surface area contributed by atoms with Crippen LogP contribution in [0.25, 0.3) is 6.08 Å². The Morgan fingerprint density at radius 2 is 1.67 bits per heavy atom. The number of hydrogen-bond donors (Lipinski definition) is 3. The lowest BCUT2D eigenvalue weighted by molar-refractivity contribution is -0.137. The summed E-state index contributed by atoms with van der Waals surface area (Å²) in [6.07, 6.45) is 1.46. The summed E-state index contributed by atoms with van der Waals surface area (Å²) in [6, 6.07) is 13.7. The second kappa shape index (κ2) is 9.19. The number of benzene rings is 2. The molecule has 2 rings (SSSR count). The Morgan fingerprint density at radius 1 is 1.04 bits per heavy atom. The molecule has 0 heterocycles. The molecule has 0 aromatic heterocycles. The highest BCUT2D eigenvalue weighted by Gasteiger charge is 2.15. The van der Waals surface area contributed by atoms with Gasteiger partial charge in [-0.05, 0) is 42.8 Å². The van der Waals surface area contributed by atoms with Gasteiger partial charge in [0.15, 0.2) is 0 Å². The molecule has 140 valence electrons. The maximum atomic E-state index is 12.4. The molecule has 0 saturated carbocycles. The highest BCUT2D eigenvalue weighted by molar-refractivity contribution is 6.05. The van der Waals surface area contributed by atoms with E-state index in [9.17, 15) is 14.4 Å². The molecule has 7 heteroatoms. The van der Waals surface area contributed by atoms with Crippen molar-refractivity contribution < 1.29 is 24.2 Å². The standard InChI is InChI=1S/C20H20N2O5/c1-13-3-7-15(8-4-13)19(25)22-17(20(26)21-12-18(23)24)11-14-5-9-16(27-2)10-6-14/h3-11H,12H2,1-2H3,(H,21,26)(H,22,25)(H,23,24). The van der Waals surface area contributed by atoms with Gasteiger partial charge in [-0.1, -0.05) is 29.8 Å². The lowest BCUT2D eigenvalue weighted by Crippen LogP contribution is -2.37. The van der Waals surface area contributed by atoms with Gasteiger partial charge in [0.1, 0.15) is 18.0 Å². The molecular weight excluding hydrogens is 348 g/mol. The quantitative estimate of drug-likeness (QED) is 0.648. The van der Waals surface area contributed by atoms with Crippen molar-refractivity contribution in [3.05, 3.63) is 70.9 Å². The second-order valence-corrected chi connectivity index (χ2v) is 5.73. The van der Waals surface area contributed by atoms with E-state index in [0.717, 1.165) is 5.56 Å². The first kappa shape index (κ1) is 19.7. The molecule has 0 radical (unpaired) electrons. The molecule has 0 unspecified atom stereocenters. The van der Waals surface area contributed by atoms with Gasteiger partial charge in [0.2, 0.25) is 0 Å². The molecule has 3 N–H and O–H groups in total. The minimum absolute atomic E-state index is 0.0630. The van der Waals surface area contributed by atoms with Crippen LogP contribution in [0.2, 0.25) is 0 Å². The summed E-state index contributed by atoms with van der Waals surface area (Å²) in [6.45, 7) is 1.34. The number of carboxylic acid groups (broad SMARTS) is 1. The van der Waals surface area contributed by atoms with Gasteiger partial charge in [0.05, 0.1) is 7.11 Å². The normalized spacial score (nSPS) is 10.8. The Morgan fingerprint density at radius 3 is 2.22 bits per heavy atom. The maximum absolute atomic E-state index is 12.4. The molecule has 7 nitrogen and oxygen atoms in total. The van der Waals surface area contributed by atoms with Gasteiger partial charge >= 0.3 is 5.97 Å². The van der Waals surface area contributed by atoms with Gasteiger partial charge in [0.25, 0.3) is 11.8 Å². The van der Waals surface area contributed by atoms with Gasteiger partial charge < -0.3 is 20.5 Å². The molecule has 0 spiro atoms. The van der Waals surface area contributed by atoms with E-state index in [1.165, 1.54) is 13.2 Å². The van der Waals surface area contributed by atoms with E-state index in [2.05, 4.69) is 10.6 Å². The predicted octanol–water partition coefficient (Wildman–Crippen LogP) is 1.98. The number of methoxy groups -OCH3 is 1. The summed E-state index contributed by atoms with van der Waals surface area (Å²) in [5.41, 5.74) is 1.96. The van der Waals surface area contributed by atoms with Gasteiger partial charge in [-0.2, -0.15) is 0 Å². The molecule has 0 fully saturated rings. The third kappa shape index (κ3) is 6.00. The number of nitrogens with one attached hydrogen (secondary N) is 2. The summed E-state index contributed by atoms with van der Waals surface area (Å²) in [5.74, 6) is -1.71. The molecule has 2 amide bonds. The van der Waals surface area contributed by atoms with Crippen molar-refractivity contribution in [3.8, 4) is 5.75 Å². The van der Waals surface area contributed by atoms with Gasteiger partial charge in [-0.15, -0.1) is 0 Å². The van der Waals surface area contributed by atoms with E-state index in [0.29, 0.717) is 16.9 Å². The number of rotatable bonds is 7. The van der Waals surface area contributed by atoms with Gasteiger partial charge in [-0.3, -0.25) is 14.4 Å². The molecule has 0 aliphatic heterocycles. The lowest BCUT2D eigenvalue weighted by atomic mass is 10.1. The molecule has 0 saturated heterocycles. The summed E-state index contributed by atoms with van der Waals surface area (Å²) in [7, 11) is 1.54. The first-order valence-electron chi connectivity index (χ1n) is 8.13. The zero-order valence-corrected chi connectivity index (χ0v) is 15.0. The molecule has 0 atom stereocenters. The van der Waals surface area contributed by atoms with E-state index < -0.39 is 24.3 Å². The zero-order chi connectivity index (χ0) is 19.8. The van der Waals surface area contributed by atoms with Crippen LogP contribution in [0.1, 0.15) is 21.5 Å². The zero-order valence-electron chi connectivity index (χ0n) is 15.0. The number of aliphatic carboxylic acids is 1. The summed E-state index contributed by atoms with van der Waals surface area (Å²) >= 11 is 0. The SMILES string of the molecule is COc1ccc(C=C(NC(=O)c2ccc(C)cc2)C(=O)NCC(=O)O)cc1. The molecule has 0 aliphatic rings. The molecule has 2 aromatic rings. The number of carbonyl (C=O) groups is 3.